The normalized spacial score (nSPS) is 14.5. The van der Waals surface area contributed by atoms with Crippen LogP contribution in [-0.4, -0.2) is 36.1 Å². The number of anilines is 1. The largest absolute Gasteiger partial charge is 0.454 e. The molecule has 3 aromatic rings. The number of amidine groups is 2. The van der Waals surface area contributed by atoms with Gasteiger partial charge in [0.2, 0.25) is 12.7 Å². The number of amides is 1. The molecule has 166 valence electrons. The van der Waals surface area contributed by atoms with Crippen LogP contribution in [0.5, 0.6) is 11.5 Å². The lowest BCUT2D eigenvalue weighted by Gasteiger charge is -2.27. The molecule has 0 atom stereocenters. The van der Waals surface area contributed by atoms with Gasteiger partial charge in [0, 0.05) is 17.8 Å². The third-order valence-corrected chi connectivity index (χ3v) is 6.13. The van der Waals surface area contributed by atoms with Crippen LogP contribution in [0.25, 0.3) is 0 Å². The Balaban J connectivity index is 1.26. The topological polar surface area (TPSA) is 75.5 Å². The monoisotopic (exact) mass is 458 g/mol. The van der Waals surface area contributed by atoms with Crippen LogP contribution < -0.4 is 19.7 Å². The summed E-state index contributed by atoms with van der Waals surface area (Å²) in [6.07, 6.45) is 0. The zero-order chi connectivity index (χ0) is 22.5. The zero-order valence-electron chi connectivity index (χ0n) is 17.8. The molecule has 8 heteroatoms. The van der Waals surface area contributed by atoms with Crippen molar-refractivity contribution in [1.29, 1.82) is 0 Å². The van der Waals surface area contributed by atoms with Gasteiger partial charge in [-0.25, -0.2) is 9.98 Å². The molecule has 0 unspecified atom stereocenters. The summed E-state index contributed by atoms with van der Waals surface area (Å²) in [7, 11) is 0. The number of para-hydroxylation sites is 1. The fraction of sp³-hybridized carbons (Fsp3) is 0.160. The summed E-state index contributed by atoms with van der Waals surface area (Å²) in [5.74, 6) is 2.28. The van der Waals surface area contributed by atoms with E-state index in [-0.39, 0.29) is 18.5 Å². The average Bonchev–Trinajstić information content (AvgIpc) is 3.35. The van der Waals surface area contributed by atoms with E-state index >= 15 is 0 Å². The number of nitrogens with zero attached hydrogens (tertiary/aromatic N) is 3. The zero-order valence-corrected chi connectivity index (χ0v) is 18.6. The maximum absolute atomic E-state index is 12.6. The molecule has 0 bridgehead atoms. The van der Waals surface area contributed by atoms with Crippen molar-refractivity contribution in [2.45, 2.75) is 6.54 Å². The molecule has 1 N–H and O–H groups in total. The highest BCUT2D eigenvalue weighted by Crippen LogP contribution is 2.32. The number of carbonyl (C=O) groups excluding carboxylic acids is 1. The molecular weight excluding hydrogens is 436 g/mol. The van der Waals surface area contributed by atoms with Gasteiger partial charge in [0.05, 0.1) is 5.75 Å². The van der Waals surface area contributed by atoms with Crippen LogP contribution in [0.1, 0.15) is 11.1 Å². The first kappa shape index (κ1) is 21.1. The molecule has 1 amide bonds. The van der Waals surface area contributed by atoms with Crippen molar-refractivity contribution in [2.24, 2.45) is 9.98 Å². The first-order valence-electron chi connectivity index (χ1n) is 10.6. The lowest BCUT2D eigenvalue weighted by Crippen LogP contribution is -2.35. The Hall–Kier alpha value is -3.78. The minimum atomic E-state index is -0.0721. The molecule has 0 saturated heterocycles. The molecule has 33 heavy (non-hydrogen) atoms. The predicted octanol–water partition coefficient (Wildman–Crippen LogP) is 4.05. The molecule has 0 saturated carbocycles. The highest BCUT2D eigenvalue weighted by atomic mass is 32.2. The average molecular weight is 459 g/mol. The fourth-order valence-electron chi connectivity index (χ4n) is 3.47. The Morgan fingerprint density at radius 3 is 2.55 bits per heavy atom. The lowest BCUT2D eigenvalue weighted by molar-refractivity contribution is -0.118. The second-order valence-electron chi connectivity index (χ2n) is 7.40. The van der Waals surface area contributed by atoms with Crippen molar-refractivity contribution in [2.75, 3.05) is 24.1 Å². The van der Waals surface area contributed by atoms with Crippen molar-refractivity contribution in [3.05, 3.63) is 90.0 Å². The van der Waals surface area contributed by atoms with Gasteiger partial charge in [0.15, 0.2) is 22.5 Å². The molecule has 0 spiro atoms. The van der Waals surface area contributed by atoms with Crippen molar-refractivity contribution in [1.82, 2.24) is 5.32 Å². The maximum Gasteiger partial charge on any atom is 0.231 e. The summed E-state index contributed by atoms with van der Waals surface area (Å²) in [6.45, 7) is 1.09. The molecular formula is C25H22N4O3S. The highest BCUT2D eigenvalue weighted by Gasteiger charge is 2.21. The Morgan fingerprint density at radius 1 is 0.970 bits per heavy atom. The Kier molecular flexibility index (Phi) is 6.25. The summed E-state index contributed by atoms with van der Waals surface area (Å²) in [6, 6.07) is 25.5. The molecule has 2 aliphatic rings. The number of aliphatic imine (C=N–C) groups is 2. The van der Waals surface area contributed by atoms with Crippen molar-refractivity contribution >= 4 is 34.4 Å². The van der Waals surface area contributed by atoms with Crippen molar-refractivity contribution < 1.29 is 14.3 Å². The van der Waals surface area contributed by atoms with Gasteiger partial charge in [0.25, 0.3) is 0 Å². The van der Waals surface area contributed by atoms with E-state index in [0.29, 0.717) is 24.8 Å². The smallest absolute Gasteiger partial charge is 0.231 e. The molecule has 0 aliphatic carbocycles. The molecule has 7 nitrogen and oxygen atoms in total. The summed E-state index contributed by atoms with van der Waals surface area (Å²) in [5, 5.41) is 3.71. The minimum absolute atomic E-state index is 0.0721. The van der Waals surface area contributed by atoms with Gasteiger partial charge in [-0.15, -0.1) is 0 Å². The summed E-state index contributed by atoms with van der Waals surface area (Å²) in [5.41, 5.74) is 2.90. The van der Waals surface area contributed by atoms with Crippen LogP contribution >= 0.6 is 11.8 Å². The van der Waals surface area contributed by atoms with Gasteiger partial charge in [0.1, 0.15) is 6.67 Å². The third-order valence-electron chi connectivity index (χ3n) is 5.15. The van der Waals surface area contributed by atoms with Crippen molar-refractivity contribution in [3.8, 4) is 11.5 Å². The van der Waals surface area contributed by atoms with Gasteiger partial charge in [-0.05, 0) is 29.8 Å². The number of carbonyl (C=O) groups is 1. The van der Waals surface area contributed by atoms with E-state index in [0.717, 1.165) is 27.7 Å². The number of ether oxygens (including phenoxy) is 2. The number of thioether (sulfide) groups is 1. The molecule has 2 aliphatic heterocycles. The number of hydrogen-bond acceptors (Lipinski definition) is 7. The molecule has 0 fully saturated rings. The number of fused-ring (bicyclic) bond motifs is 1. The van der Waals surface area contributed by atoms with Crippen LogP contribution in [0.4, 0.5) is 5.69 Å². The van der Waals surface area contributed by atoms with Crippen LogP contribution in [0.3, 0.4) is 0 Å². The van der Waals surface area contributed by atoms with E-state index in [1.807, 2.05) is 83.8 Å². The van der Waals surface area contributed by atoms with Gasteiger partial charge < -0.3 is 19.7 Å². The lowest BCUT2D eigenvalue weighted by atomic mass is 10.2. The number of nitrogens with one attached hydrogen (secondary N) is 1. The first-order valence-corrected chi connectivity index (χ1v) is 11.5. The second-order valence-corrected chi connectivity index (χ2v) is 8.34. The first-order chi connectivity index (χ1) is 16.3. The standard InChI is InChI=1S/C25H22N4O3S/c30-23(26-14-18-11-12-21-22(13-18)32-17-31-21)15-33-25-28-24(19-7-3-1-4-8-19)27-16-29(25)20-9-5-2-6-10-20/h1-13H,14-17H2,(H,26,30). The SMILES string of the molecule is O=C(CSC1=NC(c2ccccc2)=NCN1c1ccccc1)NCc1ccc2c(c1)OCO2. The number of benzene rings is 3. The predicted molar refractivity (Wildman–Crippen MR) is 131 cm³/mol. The van der Waals surface area contributed by atoms with Crippen LogP contribution in [-0.2, 0) is 11.3 Å². The van der Waals surface area contributed by atoms with Gasteiger partial charge in [-0.2, -0.15) is 0 Å². The Labute approximate surface area is 196 Å². The summed E-state index contributed by atoms with van der Waals surface area (Å²) >= 11 is 1.40. The third kappa shape index (κ3) is 5.01. The van der Waals surface area contributed by atoms with E-state index in [1.54, 1.807) is 0 Å². The number of hydrogen-bond donors (Lipinski definition) is 1. The Bertz CT molecular complexity index is 1200. The van der Waals surface area contributed by atoms with E-state index in [1.165, 1.54) is 11.8 Å². The Morgan fingerprint density at radius 2 is 1.73 bits per heavy atom. The van der Waals surface area contributed by atoms with Crippen LogP contribution in [0.2, 0.25) is 0 Å². The van der Waals surface area contributed by atoms with Crippen LogP contribution in [0, 0.1) is 0 Å². The minimum Gasteiger partial charge on any atom is -0.454 e. The molecule has 3 aromatic carbocycles. The maximum atomic E-state index is 12.6. The molecule has 5 rings (SSSR count). The molecule has 0 aromatic heterocycles. The molecule has 2 heterocycles. The van der Waals surface area contributed by atoms with Crippen molar-refractivity contribution in [3.63, 3.8) is 0 Å². The van der Waals surface area contributed by atoms with Gasteiger partial charge in [-0.1, -0.05) is 66.4 Å². The number of rotatable bonds is 6. The fourth-order valence-corrected chi connectivity index (χ4v) is 4.30. The van der Waals surface area contributed by atoms with E-state index in [9.17, 15) is 4.79 Å². The summed E-state index contributed by atoms with van der Waals surface area (Å²) < 4.78 is 10.7. The van der Waals surface area contributed by atoms with Crippen LogP contribution in [0.15, 0.2) is 88.8 Å². The highest BCUT2D eigenvalue weighted by molar-refractivity contribution is 8.14. The van der Waals surface area contributed by atoms with E-state index in [2.05, 4.69) is 10.3 Å². The second kappa shape index (κ2) is 9.79. The summed E-state index contributed by atoms with van der Waals surface area (Å²) in [4.78, 5) is 24.1. The van der Waals surface area contributed by atoms with Gasteiger partial charge >= 0.3 is 0 Å². The molecule has 0 radical (unpaired) electrons. The van der Waals surface area contributed by atoms with Gasteiger partial charge in [-0.3, -0.25) is 4.79 Å². The van der Waals surface area contributed by atoms with E-state index in [4.69, 9.17) is 14.5 Å². The van der Waals surface area contributed by atoms with E-state index < -0.39 is 0 Å². The quantitative estimate of drug-likeness (QED) is 0.603.